The zero-order valence-electron chi connectivity index (χ0n) is 7.71. The van der Waals surface area contributed by atoms with Crippen molar-refractivity contribution in [3.05, 3.63) is 0 Å². The highest BCUT2D eigenvalue weighted by Crippen LogP contribution is 2.23. The first kappa shape index (κ1) is 9.01. The van der Waals surface area contributed by atoms with Crippen LogP contribution in [-0.4, -0.2) is 31.1 Å². The number of hydrogen-bond donors (Lipinski definition) is 1. The van der Waals surface area contributed by atoms with Crippen molar-refractivity contribution in [1.29, 1.82) is 0 Å². The summed E-state index contributed by atoms with van der Waals surface area (Å²) >= 11 is 0. The van der Waals surface area contributed by atoms with Gasteiger partial charge in [0.25, 0.3) is 0 Å². The topological polar surface area (TPSA) is 29.3 Å². The van der Waals surface area contributed by atoms with Crippen LogP contribution in [0, 0.1) is 5.92 Å². The van der Waals surface area contributed by atoms with Gasteiger partial charge in [-0.25, -0.2) is 0 Å². The van der Waals surface area contributed by atoms with Crippen molar-refractivity contribution < 1.29 is 0 Å². The Kier molecular flexibility index (Phi) is 3.34. The first-order valence-corrected chi connectivity index (χ1v) is 4.68. The molecule has 0 saturated carbocycles. The van der Waals surface area contributed by atoms with Crippen molar-refractivity contribution in [3.8, 4) is 0 Å². The second kappa shape index (κ2) is 4.07. The molecule has 1 aliphatic rings. The highest BCUT2D eigenvalue weighted by molar-refractivity contribution is 4.79. The van der Waals surface area contributed by atoms with E-state index in [0.29, 0.717) is 6.04 Å². The van der Waals surface area contributed by atoms with E-state index in [4.69, 9.17) is 5.73 Å². The normalized spacial score (nSPS) is 34.1. The smallest absolute Gasteiger partial charge is 0.0218 e. The maximum absolute atomic E-state index is 5.67. The number of hydrogen-bond acceptors (Lipinski definition) is 2. The van der Waals surface area contributed by atoms with E-state index in [1.54, 1.807) is 0 Å². The van der Waals surface area contributed by atoms with Crippen LogP contribution in [0.25, 0.3) is 0 Å². The number of piperidine rings is 1. The lowest BCUT2D eigenvalue weighted by Crippen LogP contribution is -2.44. The van der Waals surface area contributed by atoms with Gasteiger partial charge in [0.2, 0.25) is 0 Å². The Morgan fingerprint density at radius 1 is 1.55 bits per heavy atom. The Bertz CT molecular complexity index is 114. The van der Waals surface area contributed by atoms with Crippen LogP contribution in [0.2, 0.25) is 0 Å². The first-order valence-electron chi connectivity index (χ1n) is 4.68. The first-order chi connectivity index (χ1) is 5.27. The van der Waals surface area contributed by atoms with E-state index >= 15 is 0 Å². The van der Waals surface area contributed by atoms with Gasteiger partial charge in [0.1, 0.15) is 0 Å². The molecule has 11 heavy (non-hydrogen) atoms. The average Bonchev–Trinajstić information content (AvgIpc) is 2.05. The largest absolute Gasteiger partial charge is 0.329 e. The minimum absolute atomic E-state index is 0.647. The van der Waals surface area contributed by atoms with Crippen LogP contribution in [0.15, 0.2) is 0 Å². The second-order valence-electron chi connectivity index (χ2n) is 3.67. The summed E-state index contributed by atoms with van der Waals surface area (Å²) in [6.45, 7) is 4.34. The third-order valence-electron chi connectivity index (χ3n) is 2.97. The maximum Gasteiger partial charge on any atom is 0.0218 e. The number of likely N-dealkylation sites (tertiary alicyclic amines) is 1. The number of nitrogens with zero attached hydrogens (tertiary/aromatic N) is 1. The second-order valence-corrected chi connectivity index (χ2v) is 3.67. The molecular formula is C9H20N2. The molecule has 2 nitrogen and oxygen atoms in total. The van der Waals surface area contributed by atoms with E-state index in [-0.39, 0.29) is 0 Å². The number of rotatable bonds is 2. The molecule has 0 aromatic carbocycles. The molecule has 1 aliphatic heterocycles. The van der Waals surface area contributed by atoms with Crippen molar-refractivity contribution >= 4 is 0 Å². The highest BCUT2D eigenvalue weighted by atomic mass is 15.1. The molecule has 2 N–H and O–H groups in total. The summed E-state index contributed by atoms with van der Waals surface area (Å²) < 4.78 is 0. The summed E-state index contributed by atoms with van der Waals surface area (Å²) in [5.41, 5.74) is 5.67. The summed E-state index contributed by atoms with van der Waals surface area (Å²) in [5, 5.41) is 0. The molecule has 0 spiro atoms. The van der Waals surface area contributed by atoms with Gasteiger partial charge in [-0.3, -0.25) is 0 Å². The van der Waals surface area contributed by atoms with Gasteiger partial charge in [-0.1, -0.05) is 13.3 Å². The van der Waals surface area contributed by atoms with Crippen LogP contribution in [0.1, 0.15) is 26.2 Å². The molecule has 66 valence electrons. The highest BCUT2D eigenvalue weighted by Gasteiger charge is 2.23. The summed E-state index contributed by atoms with van der Waals surface area (Å²) in [4.78, 5) is 2.40. The molecule has 0 aromatic heterocycles. The van der Waals surface area contributed by atoms with Crippen molar-refractivity contribution in [3.63, 3.8) is 0 Å². The van der Waals surface area contributed by atoms with Crippen LogP contribution >= 0.6 is 0 Å². The molecule has 0 aromatic rings. The van der Waals surface area contributed by atoms with Gasteiger partial charge >= 0.3 is 0 Å². The Morgan fingerprint density at radius 2 is 2.27 bits per heavy atom. The fourth-order valence-electron chi connectivity index (χ4n) is 1.90. The lowest BCUT2D eigenvalue weighted by Gasteiger charge is -2.36. The molecule has 0 bridgehead atoms. The third-order valence-corrected chi connectivity index (χ3v) is 2.97. The molecule has 2 heteroatoms. The minimum atomic E-state index is 0.647. The Balaban J connectivity index is 2.37. The van der Waals surface area contributed by atoms with Gasteiger partial charge in [-0.2, -0.15) is 0 Å². The summed E-state index contributed by atoms with van der Waals surface area (Å²) in [5.74, 6) is 0.930. The van der Waals surface area contributed by atoms with E-state index in [1.807, 2.05) is 0 Å². The lowest BCUT2D eigenvalue weighted by molar-refractivity contribution is 0.144. The van der Waals surface area contributed by atoms with Crippen LogP contribution in [0.5, 0.6) is 0 Å². The number of likely N-dealkylation sites (N-methyl/N-ethyl adjacent to an activating group) is 1. The minimum Gasteiger partial charge on any atom is -0.329 e. The molecule has 1 fully saturated rings. The molecule has 2 atom stereocenters. The standard InChI is InChI=1S/C9H20N2/c1-3-8-4-5-11(2)9(6-8)7-10/h8-9H,3-7,10H2,1-2H3. The van der Waals surface area contributed by atoms with Gasteiger partial charge in [-0.05, 0) is 32.4 Å². The van der Waals surface area contributed by atoms with E-state index in [2.05, 4.69) is 18.9 Å². The quantitative estimate of drug-likeness (QED) is 0.648. The molecule has 1 rings (SSSR count). The fourth-order valence-corrected chi connectivity index (χ4v) is 1.90. The SMILES string of the molecule is CCC1CCN(C)C(CN)C1. The van der Waals surface area contributed by atoms with Crippen molar-refractivity contribution in [2.75, 3.05) is 20.1 Å². The average molecular weight is 156 g/mol. The van der Waals surface area contributed by atoms with Crippen LogP contribution < -0.4 is 5.73 Å². The van der Waals surface area contributed by atoms with E-state index in [0.717, 1.165) is 12.5 Å². The van der Waals surface area contributed by atoms with Crippen LogP contribution in [-0.2, 0) is 0 Å². The summed E-state index contributed by atoms with van der Waals surface area (Å²) in [7, 11) is 2.18. The van der Waals surface area contributed by atoms with E-state index in [9.17, 15) is 0 Å². The molecule has 0 amide bonds. The Morgan fingerprint density at radius 3 is 2.82 bits per heavy atom. The predicted octanol–water partition coefficient (Wildman–Crippen LogP) is 1.07. The summed E-state index contributed by atoms with van der Waals surface area (Å²) in [6.07, 6.45) is 4.00. The van der Waals surface area contributed by atoms with Crippen molar-refractivity contribution in [1.82, 2.24) is 4.90 Å². The van der Waals surface area contributed by atoms with Crippen LogP contribution in [0.3, 0.4) is 0 Å². The molecule has 1 saturated heterocycles. The van der Waals surface area contributed by atoms with Gasteiger partial charge < -0.3 is 10.6 Å². The van der Waals surface area contributed by atoms with Gasteiger partial charge in [0.15, 0.2) is 0 Å². The Hall–Kier alpha value is -0.0800. The molecule has 0 radical (unpaired) electrons. The van der Waals surface area contributed by atoms with Gasteiger partial charge in [0.05, 0.1) is 0 Å². The molecule has 1 heterocycles. The molecule has 2 unspecified atom stereocenters. The predicted molar refractivity (Wildman–Crippen MR) is 48.5 cm³/mol. The van der Waals surface area contributed by atoms with Crippen molar-refractivity contribution in [2.24, 2.45) is 11.7 Å². The van der Waals surface area contributed by atoms with Crippen molar-refractivity contribution in [2.45, 2.75) is 32.2 Å². The number of nitrogens with two attached hydrogens (primary N) is 1. The van der Waals surface area contributed by atoms with E-state index < -0.39 is 0 Å². The fraction of sp³-hybridized carbons (Fsp3) is 1.00. The zero-order chi connectivity index (χ0) is 8.27. The monoisotopic (exact) mass is 156 g/mol. The van der Waals surface area contributed by atoms with Gasteiger partial charge in [-0.15, -0.1) is 0 Å². The third kappa shape index (κ3) is 2.17. The maximum atomic E-state index is 5.67. The van der Waals surface area contributed by atoms with Gasteiger partial charge in [0, 0.05) is 12.6 Å². The summed E-state index contributed by atoms with van der Waals surface area (Å²) in [6, 6.07) is 0.647. The molecular weight excluding hydrogens is 136 g/mol. The lowest BCUT2D eigenvalue weighted by atomic mass is 9.89. The molecule has 0 aliphatic carbocycles. The van der Waals surface area contributed by atoms with Crippen LogP contribution in [0.4, 0.5) is 0 Å². The zero-order valence-corrected chi connectivity index (χ0v) is 7.71. The Labute approximate surface area is 69.8 Å². The van der Waals surface area contributed by atoms with E-state index in [1.165, 1.54) is 25.8 Å².